The number of carbonyl (C=O) groups is 2. The molecule has 0 amide bonds. The highest BCUT2D eigenvalue weighted by Crippen LogP contribution is 2.45. The second kappa shape index (κ2) is 5.25. The lowest BCUT2D eigenvalue weighted by molar-refractivity contribution is -0.121. The van der Waals surface area contributed by atoms with Crippen molar-refractivity contribution < 1.29 is 19.1 Å². The van der Waals surface area contributed by atoms with E-state index in [4.69, 9.17) is 9.47 Å². The maximum Gasteiger partial charge on any atom is 0.170 e. The average Bonchev–Trinajstić information content (AvgIpc) is 3.43. The summed E-state index contributed by atoms with van der Waals surface area (Å²) in [5.74, 6) is 2.97. The van der Waals surface area contributed by atoms with Gasteiger partial charge < -0.3 is 9.47 Å². The molecule has 0 N–H and O–H groups in total. The first-order valence-electron chi connectivity index (χ1n) is 7.23. The fourth-order valence-corrected chi connectivity index (χ4v) is 2.24. The van der Waals surface area contributed by atoms with Crippen molar-refractivity contribution in [1.82, 2.24) is 0 Å². The number of ketones is 2. The molecule has 4 rings (SSSR count). The van der Waals surface area contributed by atoms with Crippen LogP contribution in [-0.2, 0) is 9.59 Å². The van der Waals surface area contributed by atoms with Crippen LogP contribution in [0.4, 0.5) is 0 Å². The maximum atomic E-state index is 11.8. The van der Waals surface area contributed by atoms with Crippen molar-refractivity contribution in [3.8, 4) is 23.0 Å². The van der Waals surface area contributed by atoms with Gasteiger partial charge in [0.05, 0.1) is 6.42 Å². The number of hydrogen-bond donors (Lipinski definition) is 0. The van der Waals surface area contributed by atoms with Crippen LogP contribution in [0.1, 0.15) is 17.5 Å². The van der Waals surface area contributed by atoms with Gasteiger partial charge in [-0.15, -0.1) is 0 Å². The van der Waals surface area contributed by atoms with Crippen LogP contribution in [0, 0.1) is 0 Å². The predicted molar refractivity (Wildman–Crippen MR) is 85.7 cm³/mol. The number of fused-ring (bicyclic) bond motifs is 2. The predicted octanol–water partition coefficient (Wildman–Crippen LogP) is 4.15. The van der Waals surface area contributed by atoms with E-state index in [1.54, 1.807) is 12.2 Å². The molecule has 0 radical (unpaired) electrons. The average molecular weight is 304 g/mol. The second-order valence-corrected chi connectivity index (χ2v) is 5.39. The van der Waals surface area contributed by atoms with Crippen LogP contribution in [0.3, 0.4) is 0 Å². The van der Waals surface area contributed by atoms with Crippen molar-refractivity contribution in [2.45, 2.75) is 6.42 Å². The van der Waals surface area contributed by atoms with Gasteiger partial charge in [-0.1, -0.05) is 24.3 Å². The van der Waals surface area contributed by atoms with Gasteiger partial charge in [-0.25, -0.2) is 0 Å². The number of rotatable bonds is 6. The fraction of sp³-hybridized carbons (Fsp3) is 0.0526. The summed E-state index contributed by atoms with van der Waals surface area (Å²) in [7, 11) is 0. The van der Waals surface area contributed by atoms with E-state index < -0.39 is 0 Å². The van der Waals surface area contributed by atoms with Crippen molar-refractivity contribution in [2.24, 2.45) is 0 Å². The van der Waals surface area contributed by atoms with Gasteiger partial charge in [0, 0.05) is 0 Å². The fourth-order valence-electron chi connectivity index (χ4n) is 2.24. The summed E-state index contributed by atoms with van der Waals surface area (Å²) in [6, 6.07) is 11.1. The highest BCUT2D eigenvalue weighted by molar-refractivity contribution is 6.10. The lowest BCUT2D eigenvalue weighted by Gasteiger charge is -1.92. The number of allylic oxidation sites excluding steroid dienone is 2. The topological polar surface area (TPSA) is 59.2 Å². The quantitative estimate of drug-likeness (QED) is 0.305. The van der Waals surface area contributed by atoms with E-state index in [-0.39, 0.29) is 18.0 Å². The Kier molecular flexibility index (Phi) is 3.08. The third kappa shape index (κ3) is 3.21. The summed E-state index contributed by atoms with van der Waals surface area (Å²) < 4.78 is 10.3. The molecule has 23 heavy (non-hydrogen) atoms. The highest BCUT2D eigenvalue weighted by atomic mass is 16.6. The van der Waals surface area contributed by atoms with Gasteiger partial charge in [0.2, 0.25) is 0 Å². The molecule has 0 fully saturated rings. The standard InChI is InChI=1S/C19H12O4/c20-14(5-1-12-3-7-16-18(9-12)22-16)11-15(21)6-2-13-4-8-17-19(10-13)23-17/h1-10H,11H2/b5-1+,6-2+. The third-order valence-electron chi connectivity index (χ3n) is 3.56. The maximum absolute atomic E-state index is 11.8. The molecule has 0 saturated heterocycles. The Morgan fingerprint density at radius 3 is 1.65 bits per heavy atom. The molecular formula is C19H12O4. The van der Waals surface area contributed by atoms with E-state index in [1.165, 1.54) is 12.2 Å². The molecule has 2 aromatic rings. The third-order valence-corrected chi connectivity index (χ3v) is 3.56. The van der Waals surface area contributed by atoms with Gasteiger partial charge >= 0.3 is 0 Å². The van der Waals surface area contributed by atoms with Crippen molar-refractivity contribution in [1.29, 1.82) is 0 Å². The first kappa shape index (κ1) is 13.5. The molecule has 2 aromatic carbocycles. The molecule has 4 heteroatoms. The Morgan fingerprint density at radius 2 is 1.22 bits per heavy atom. The summed E-state index contributed by atoms with van der Waals surface area (Å²) in [6.45, 7) is 0. The summed E-state index contributed by atoms with van der Waals surface area (Å²) in [4.78, 5) is 23.6. The van der Waals surface area contributed by atoms with Crippen LogP contribution in [-0.4, -0.2) is 11.6 Å². The largest absolute Gasteiger partial charge is 0.449 e. The van der Waals surface area contributed by atoms with E-state index in [0.29, 0.717) is 0 Å². The van der Waals surface area contributed by atoms with Crippen LogP contribution in [0.5, 0.6) is 23.0 Å². The van der Waals surface area contributed by atoms with E-state index in [1.807, 2.05) is 36.4 Å². The summed E-state index contributed by atoms with van der Waals surface area (Å²) in [6.07, 6.45) is 6.07. The molecule has 0 aliphatic carbocycles. The monoisotopic (exact) mass is 304 g/mol. The van der Waals surface area contributed by atoms with Crippen molar-refractivity contribution in [2.75, 3.05) is 0 Å². The first-order chi connectivity index (χ1) is 11.2. The lowest BCUT2D eigenvalue weighted by Crippen LogP contribution is -2.01. The number of carbonyl (C=O) groups excluding carboxylic acids is 2. The van der Waals surface area contributed by atoms with Gasteiger partial charge in [-0.3, -0.25) is 9.59 Å². The van der Waals surface area contributed by atoms with Gasteiger partial charge in [-0.2, -0.15) is 0 Å². The van der Waals surface area contributed by atoms with Gasteiger partial charge in [-0.05, 0) is 47.5 Å². The number of ether oxygens (including phenoxy) is 2. The summed E-state index contributed by atoms with van der Waals surface area (Å²) >= 11 is 0. The van der Waals surface area contributed by atoms with Crippen molar-refractivity contribution >= 4 is 23.7 Å². The molecule has 112 valence electrons. The molecule has 0 atom stereocenters. The molecule has 2 heterocycles. The van der Waals surface area contributed by atoms with Gasteiger partial charge in [0.25, 0.3) is 0 Å². The molecular weight excluding hydrogens is 292 g/mol. The van der Waals surface area contributed by atoms with E-state index in [0.717, 1.165) is 34.1 Å². The number of hydrogen-bond acceptors (Lipinski definition) is 4. The molecule has 0 aromatic heterocycles. The first-order valence-corrected chi connectivity index (χ1v) is 7.23. The van der Waals surface area contributed by atoms with E-state index >= 15 is 0 Å². The van der Waals surface area contributed by atoms with Crippen LogP contribution < -0.4 is 9.47 Å². The zero-order valence-electron chi connectivity index (χ0n) is 12.1. The second-order valence-electron chi connectivity index (χ2n) is 5.39. The molecule has 2 aliphatic rings. The summed E-state index contributed by atoms with van der Waals surface area (Å²) in [5.41, 5.74) is 1.76. The molecule has 0 spiro atoms. The molecule has 4 nitrogen and oxygen atoms in total. The Hall–Kier alpha value is -3.14. The van der Waals surface area contributed by atoms with Gasteiger partial charge in [0.15, 0.2) is 34.6 Å². The minimum atomic E-state index is -0.228. The van der Waals surface area contributed by atoms with E-state index in [9.17, 15) is 9.59 Å². The smallest absolute Gasteiger partial charge is 0.170 e. The Bertz CT molecular complexity index is 817. The van der Waals surface area contributed by atoms with E-state index in [2.05, 4.69) is 0 Å². The Morgan fingerprint density at radius 1 is 0.739 bits per heavy atom. The Labute approximate surface area is 132 Å². The zero-order valence-corrected chi connectivity index (χ0v) is 12.1. The summed E-state index contributed by atoms with van der Waals surface area (Å²) in [5, 5.41) is 0. The van der Waals surface area contributed by atoms with Crippen molar-refractivity contribution in [3.63, 3.8) is 0 Å². The molecule has 0 unspecified atom stereocenters. The van der Waals surface area contributed by atoms with Crippen LogP contribution in [0.15, 0.2) is 48.6 Å². The normalized spacial score (nSPS) is 13.2. The minimum absolute atomic E-state index is 0.143. The lowest BCUT2D eigenvalue weighted by atomic mass is 10.1. The SMILES string of the molecule is O=C(/C=C/c1ccc2c(c1)O2)CC(=O)/C=C/c1ccc2c(c1)O2. The molecule has 0 saturated carbocycles. The minimum Gasteiger partial charge on any atom is -0.449 e. The molecule has 2 aliphatic heterocycles. The van der Waals surface area contributed by atoms with Crippen LogP contribution >= 0.6 is 0 Å². The zero-order chi connectivity index (χ0) is 15.8. The molecule has 0 bridgehead atoms. The van der Waals surface area contributed by atoms with Crippen LogP contribution in [0.25, 0.3) is 12.2 Å². The van der Waals surface area contributed by atoms with Crippen molar-refractivity contribution in [3.05, 3.63) is 59.7 Å². The van der Waals surface area contributed by atoms with Crippen LogP contribution in [0.2, 0.25) is 0 Å². The Balaban J connectivity index is 1.32. The van der Waals surface area contributed by atoms with Gasteiger partial charge in [0.1, 0.15) is 0 Å². The highest BCUT2D eigenvalue weighted by Gasteiger charge is 2.19. The number of benzene rings is 2.